The molecular weight excluding hydrogens is 512 g/mol. The number of ether oxygens (including phenoxy) is 3. The maximum absolute atomic E-state index is 9.93. The summed E-state index contributed by atoms with van der Waals surface area (Å²) in [4.78, 5) is 2.35. The predicted molar refractivity (Wildman–Crippen MR) is 166 cm³/mol. The molecule has 0 spiro atoms. The van der Waals surface area contributed by atoms with Crippen molar-refractivity contribution in [1.29, 1.82) is 0 Å². The molecule has 0 saturated heterocycles. The van der Waals surface area contributed by atoms with Gasteiger partial charge in [-0.25, -0.2) is 0 Å². The molecule has 2 aliphatic carbocycles. The van der Waals surface area contributed by atoms with Gasteiger partial charge in [-0.15, -0.1) is 0 Å². The molecule has 2 N–H and O–H groups in total. The number of hydrogen-bond donors (Lipinski definition) is 2. The zero-order valence-electron chi connectivity index (χ0n) is 25.3. The Labute approximate surface area is 245 Å². The van der Waals surface area contributed by atoms with Crippen LogP contribution in [0.3, 0.4) is 0 Å². The first-order valence-electron chi connectivity index (χ1n) is 15.0. The van der Waals surface area contributed by atoms with Gasteiger partial charge in [0.05, 0.1) is 19.8 Å². The molecular formula is C35H46N2O4. The Kier molecular flexibility index (Phi) is 8.98. The van der Waals surface area contributed by atoms with Crippen LogP contribution in [0.2, 0.25) is 0 Å². The fourth-order valence-electron chi connectivity index (χ4n) is 6.73. The van der Waals surface area contributed by atoms with Crippen LogP contribution < -0.4 is 19.5 Å². The summed E-state index contributed by atoms with van der Waals surface area (Å²) >= 11 is 0. The molecule has 0 aromatic heterocycles. The number of phenolic OH excluding ortho intramolecular Hbond substituents is 1. The van der Waals surface area contributed by atoms with Gasteiger partial charge in [-0.05, 0) is 118 Å². The van der Waals surface area contributed by atoms with Gasteiger partial charge in [-0.1, -0.05) is 31.0 Å². The van der Waals surface area contributed by atoms with E-state index in [1.165, 1.54) is 47.9 Å². The van der Waals surface area contributed by atoms with Gasteiger partial charge in [0.15, 0.2) is 11.5 Å². The van der Waals surface area contributed by atoms with Crippen LogP contribution in [0.1, 0.15) is 67.2 Å². The highest BCUT2D eigenvalue weighted by molar-refractivity contribution is 5.63. The molecule has 6 heteroatoms. The van der Waals surface area contributed by atoms with Crippen LogP contribution in [0.15, 0.2) is 54.6 Å². The Morgan fingerprint density at radius 1 is 0.951 bits per heavy atom. The highest BCUT2D eigenvalue weighted by Crippen LogP contribution is 2.42. The van der Waals surface area contributed by atoms with Crippen LogP contribution in [0, 0.1) is 0 Å². The molecule has 0 radical (unpaired) electrons. The summed E-state index contributed by atoms with van der Waals surface area (Å²) in [7, 11) is 7.73. The van der Waals surface area contributed by atoms with E-state index in [1.807, 2.05) is 6.07 Å². The number of nitrogens with zero attached hydrogens (tertiary/aromatic N) is 1. The molecule has 0 amide bonds. The maximum Gasteiger partial charge on any atom is 0.162 e. The van der Waals surface area contributed by atoms with E-state index in [0.29, 0.717) is 11.7 Å². The molecule has 220 valence electrons. The van der Waals surface area contributed by atoms with Crippen LogP contribution in [0.25, 0.3) is 0 Å². The van der Waals surface area contributed by atoms with Crippen LogP contribution >= 0.6 is 0 Å². The second-order valence-electron chi connectivity index (χ2n) is 12.2. The summed E-state index contributed by atoms with van der Waals surface area (Å²) in [5.74, 6) is 3.11. The first-order chi connectivity index (χ1) is 19.8. The predicted octanol–water partition coefficient (Wildman–Crippen LogP) is 6.98. The third-order valence-electron chi connectivity index (χ3n) is 9.27. The minimum absolute atomic E-state index is 0.163. The van der Waals surface area contributed by atoms with Crippen molar-refractivity contribution in [3.05, 3.63) is 76.9 Å². The van der Waals surface area contributed by atoms with Crippen LogP contribution in [0.4, 0.5) is 5.69 Å². The molecule has 2 aliphatic rings. The minimum atomic E-state index is 0.163. The fourth-order valence-corrected chi connectivity index (χ4v) is 6.73. The maximum atomic E-state index is 9.93. The van der Waals surface area contributed by atoms with Crippen molar-refractivity contribution in [1.82, 2.24) is 4.90 Å². The third-order valence-corrected chi connectivity index (χ3v) is 9.27. The van der Waals surface area contributed by atoms with E-state index in [1.54, 1.807) is 20.3 Å². The number of benzene rings is 3. The van der Waals surface area contributed by atoms with E-state index in [2.05, 4.69) is 73.7 Å². The smallest absolute Gasteiger partial charge is 0.162 e. The van der Waals surface area contributed by atoms with Gasteiger partial charge < -0.3 is 29.5 Å². The molecule has 2 atom stereocenters. The standard InChI is InChI=1S/C35H46N2O4/c1-24(18-25-8-14-30(15-9-25)41-23-35(37(2)3)16-6-7-17-35)36-32-22-34(40-5)33(39-4)21-31(32)28-11-10-27-20-29(38)13-12-26(27)19-28/h8-9,12-15,20-22,24,28,36,38H,6-7,10-11,16-19,23H2,1-5H3. The van der Waals surface area contributed by atoms with E-state index in [4.69, 9.17) is 14.2 Å². The number of likely N-dealkylation sites (N-methyl/N-ethyl adjacent to an activating group) is 1. The Balaban J connectivity index is 1.28. The lowest BCUT2D eigenvalue weighted by molar-refractivity contribution is 0.0865. The van der Waals surface area contributed by atoms with Gasteiger partial charge in [0, 0.05) is 17.8 Å². The molecule has 5 rings (SSSR count). The normalized spacial score (nSPS) is 18.5. The summed E-state index contributed by atoms with van der Waals surface area (Å²) in [6, 6.07) is 18.8. The highest BCUT2D eigenvalue weighted by atomic mass is 16.5. The molecule has 1 fully saturated rings. The average Bonchev–Trinajstić information content (AvgIpc) is 3.47. The van der Waals surface area contributed by atoms with Gasteiger partial charge in [0.25, 0.3) is 0 Å². The first-order valence-corrected chi connectivity index (χ1v) is 15.0. The lowest BCUT2D eigenvalue weighted by Crippen LogP contribution is -2.46. The number of rotatable bonds is 11. The number of phenols is 1. The summed E-state index contributed by atoms with van der Waals surface area (Å²) in [6.45, 7) is 2.97. The SMILES string of the molecule is COc1cc(NC(C)Cc2ccc(OCC3(N(C)C)CCCC3)cc2)c(C2CCc3cc(O)ccc3C2)cc1OC. The summed E-state index contributed by atoms with van der Waals surface area (Å²) in [5.41, 5.74) is 6.33. The molecule has 3 aromatic carbocycles. The van der Waals surface area contributed by atoms with Crippen molar-refractivity contribution in [2.45, 2.75) is 75.8 Å². The fraction of sp³-hybridized carbons (Fsp3) is 0.486. The van der Waals surface area contributed by atoms with Crippen molar-refractivity contribution in [3.8, 4) is 23.0 Å². The highest BCUT2D eigenvalue weighted by Gasteiger charge is 2.36. The number of aromatic hydroxyl groups is 1. The largest absolute Gasteiger partial charge is 0.508 e. The number of methoxy groups -OCH3 is 2. The second kappa shape index (κ2) is 12.6. The van der Waals surface area contributed by atoms with Gasteiger partial charge in [0.1, 0.15) is 18.1 Å². The van der Waals surface area contributed by atoms with Gasteiger partial charge in [-0.2, -0.15) is 0 Å². The number of aryl methyl sites for hydroxylation is 1. The Morgan fingerprint density at radius 3 is 2.34 bits per heavy atom. The molecule has 6 nitrogen and oxygen atoms in total. The van der Waals surface area contributed by atoms with Gasteiger partial charge >= 0.3 is 0 Å². The van der Waals surface area contributed by atoms with Crippen molar-refractivity contribution in [3.63, 3.8) is 0 Å². The second-order valence-corrected chi connectivity index (χ2v) is 12.2. The third kappa shape index (κ3) is 6.59. The summed E-state index contributed by atoms with van der Waals surface area (Å²) in [5, 5.41) is 13.7. The molecule has 1 saturated carbocycles. The van der Waals surface area contributed by atoms with Gasteiger partial charge in [0.2, 0.25) is 0 Å². The van der Waals surface area contributed by atoms with E-state index < -0.39 is 0 Å². The zero-order chi connectivity index (χ0) is 29.0. The van der Waals surface area contributed by atoms with Crippen molar-refractivity contribution in [2.75, 3.05) is 40.2 Å². The molecule has 0 heterocycles. The van der Waals surface area contributed by atoms with Crippen molar-refractivity contribution >= 4 is 5.69 Å². The molecule has 41 heavy (non-hydrogen) atoms. The van der Waals surface area contributed by atoms with E-state index >= 15 is 0 Å². The monoisotopic (exact) mass is 558 g/mol. The average molecular weight is 559 g/mol. The van der Waals surface area contributed by atoms with Gasteiger partial charge in [-0.3, -0.25) is 0 Å². The first kappa shape index (κ1) is 29.1. The van der Waals surface area contributed by atoms with Crippen molar-refractivity contribution < 1.29 is 19.3 Å². The molecule has 3 aromatic rings. The van der Waals surface area contributed by atoms with E-state index in [-0.39, 0.29) is 11.6 Å². The Morgan fingerprint density at radius 2 is 1.66 bits per heavy atom. The van der Waals surface area contributed by atoms with Crippen LogP contribution in [0.5, 0.6) is 23.0 Å². The molecule has 0 bridgehead atoms. The lowest BCUT2D eigenvalue weighted by Gasteiger charge is -2.36. The quantitative estimate of drug-likeness (QED) is 0.265. The van der Waals surface area contributed by atoms with Crippen LogP contribution in [-0.4, -0.2) is 56.5 Å². The Hall–Kier alpha value is -3.38. The number of hydrogen-bond acceptors (Lipinski definition) is 6. The Bertz CT molecular complexity index is 1310. The topological polar surface area (TPSA) is 63.2 Å². The zero-order valence-corrected chi connectivity index (χ0v) is 25.3. The van der Waals surface area contributed by atoms with E-state index in [9.17, 15) is 5.11 Å². The number of nitrogens with one attached hydrogen (secondary N) is 1. The van der Waals surface area contributed by atoms with Crippen LogP contribution in [-0.2, 0) is 19.3 Å². The van der Waals surface area contributed by atoms with E-state index in [0.717, 1.165) is 55.2 Å². The molecule has 2 unspecified atom stereocenters. The lowest BCUT2D eigenvalue weighted by atomic mass is 9.79. The summed E-state index contributed by atoms with van der Waals surface area (Å²) in [6.07, 6.45) is 8.77. The molecule has 0 aliphatic heterocycles. The van der Waals surface area contributed by atoms with Crippen molar-refractivity contribution in [2.24, 2.45) is 0 Å². The number of anilines is 1. The minimum Gasteiger partial charge on any atom is -0.508 e. The number of fused-ring (bicyclic) bond motifs is 1. The summed E-state index contributed by atoms with van der Waals surface area (Å²) < 4.78 is 17.6.